The van der Waals surface area contributed by atoms with Gasteiger partial charge in [-0.2, -0.15) is 0 Å². The zero-order valence-electron chi connectivity index (χ0n) is 12.0. The summed E-state index contributed by atoms with van der Waals surface area (Å²) < 4.78 is 0. The fourth-order valence-electron chi connectivity index (χ4n) is 1.82. The molecular weight excluding hydrogens is 278 g/mol. The van der Waals surface area contributed by atoms with Crippen LogP contribution in [0.25, 0.3) is 0 Å². The van der Waals surface area contributed by atoms with Gasteiger partial charge >= 0.3 is 12.0 Å². The number of thiazole rings is 1. The Bertz CT molecular complexity index is 475. The molecule has 1 rings (SSSR count). The molecule has 0 radical (unpaired) electrons. The van der Waals surface area contributed by atoms with E-state index >= 15 is 0 Å². The molecule has 0 spiro atoms. The van der Waals surface area contributed by atoms with Crippen molar-refractivity contribution in [2.75, 3.05) is 6.54 Å². The molecule has 1 atom stereocenters. The van der Waals surface area contributed by atoms with Crippen molar-refractivity contribution >= 4 is 23.3 Å². The first kappa shape index (κ1) is 16.4. The predicted molar refractivity (Wildman–Crippen MR) is 78.0 cm³/mol. The summed E-state index contributed by atoms with van der Waals surface area (Å²) in [6, 6.07) is -0.461. The summed E-state index contributed by atoms with van der Waals surface area (Å²) in [6.45, 7) is 5.75. The molecule has 6 nitrogen and oxygen atoms in total. The predicted octanol–water partition coefficient (Wildman–Crippen LogP) is 1.94. The number of carboxylic acids is 1. The van der Waals surface area contributed by atoms with Gasteiger partial charge < -0.3 is 15.7 Å². The number of nitrogens with one attached hydrogen (secondary N) is 2. The van der Waals surface area contributed by atoms with Crippen molar-refractivity contribution in [1.29, 1.82) is 0 Å². The maximum atomic E-state index is 11.7. The third kappa shape index (κ3) is 4.80. The van der Waals surface area contributed by atoms with E-state index in [1.54, 1.807) is 11.3 Å². The van der Waals surface area contributed by atoms with Crippen LogP contribution in [0, 0.1) is 6.92 Å². The molecular formula is C13H21N3O3S. The van der Waals surface area contributed by atoms with E-state index in [0.717, 1.165) is 10.7 Å². The molecule has 0 aromatic carbocycles. The van der Waals surface area contributed by atoms with Gasteiger partial charge in [0.25, 0.3) is 0 Å². The molecule has 0 saturated carbocycles. The molecule has 1 unspecified atom stereocenters. The van der Waals surface area contributed by atoms with Crippen molar-refractivity contribution in [2.45, 2.75) is 45.6 Å². The van der Waals surface area contributed by atoms with Crippen LogP contribution in [0.4, 0.5) is 4.79 Å². The van der Waals surface area contributed by atoms with Gasteiger partial charge in [-0.25, -0.2) is 14.6 Å². The first-order valence-corrected chi connectivity index (χ1v) is 7.45. The van der Waals surface area contributed by atoms with E-state index in [1.807, 2.05) is 19.2 Å². The maximum absolute atomic E-state index is 11.7. The highest BCUT2D eigenvalue weighted by Crippen LogP contribution is 2.12. The minimum atomic E-state index is -1.23. The minimum absolute atomic E-state index is 0.390. The van der Waals surface area contributed by atoms with Crippen LogP contribution in [0.15, 0.2) is 5.38 Å². The first-order valence-electron chi connectivity index (χ1n) is 6.58. The Hall–Kier alpha value is -1.63. The summed E-state index contributed by atoms with van der Waals surface area (Å²) >= 11 is 1.55. The normalized spacial score (nSPS) is 13.6. The lowest BCUT2D eigenvalue weighted by atomic mass is 9.97. The Balaban J connectivity index is 2.40. The molecule has 1 aromatic heterocycles. The molecule has 20 heavy (non-hydrogen) atoms. The molecule has 0 saturated heterocycles. The summed E-state index contributed by atoms with van der Waals surface area (Å²) in [7, 11) is 0. The Morgan fingerprint density at radius 1 is 1.50 bits per heavy atom. The molecule has 0 fully saturated rings. The zero-order valence-corrected chi connectivity index (χ0v) is 12.8. The van der Waals surface area contributed by atoms with E-state index in [9.17, 15) is 9.59 Å². The van der Waals surface area contributed by atoms with Gasteiger partial charge in [0, 0.05) is 24.0 Å². The second-order valence-corrected chi connectivity index (χ2v) is 5.84. The van der Waals surface area contributed by atoms with Crippen LogP contribution in [0.5, 0.6) is 0 Å². The van der Waals surface area contributed by atoms with Crippen LogP contribution >= 0.6 is 11.3 Å². The summed E-state index contributed by atoms with van der Waals surface area (Å²) in [5, 5.41) is 17.3. The lowest BCUT2D eigenvalue weighted by Crippen LogP contribution is -2.55. The molecule has 0 bridgehead atoms. The first-order chi connectivity index (χ1) is 9.37. The number of hydrogen-bond donors (Lipinski definition) is 3. The molecule has 1 aromatic rings. The molecule has 3 N–H and O–H groups in total. The Labute approximate surface area is 122 Å². The van der Waals surface area contributed by atoms with Crippen molar-refractivity contribution in [2.24, 2.45) is 0 Å². The Morgan fingerprint density at radius 3 is 2.70 bits per heavy atom. The van der Waals surface area contributed by atoms with Gasteiger partial charge in [0.2, 0.25) is 0 Å². The summed E-state index contributed by atoms with van der Waals surface area (Å²) in [4.78, 5) is 27.2. The van der Waals surface area contributed by atoms with E-state index in [0.29, 0.717) is 25.8 Å². The quantitative estimate of drug-likeness (QED) is 0.717. The standard InChI is InChI=1S/C13H21N3O3S/c1-4-6-13(3,11(17)18)16-12(19)14-7-5-10-15-9(2)8-20-10/h8H,4-7H2,1-3H3,(H,17,18)(H2,14,16,19). The molecule has 0 aliphatic rings. The number of aromatic nitrogens is 1. The number of aryl methyl sites for hydroxylation is 1. The van der Waals surface area contributed by atoms with Gasteiger partial charge in [0.05, 0.1) is 5.01 Å². The number of urea groups is 1. The van der Waals surface area contributed by atoms with Gasteiger partial charge in [-0.1, -0.05) is 13.3 Å². The van der Waals surface area contributed by atoms with Gasteiger partial charge in [0.1, 0.15) is 5.54 Å². The molecule has 0 aliphatic carbocycles. The average Bonchev–Trinajstić information content (AvgIpc) is 2.75. The smallest absolute Gasteiger partial charge is 0.329 e. The molecule has 7 heteroatoms. The fourth-order valence-corrected chi connectivity index (χ4v) is 2.59. The number of carbonyl (C=O) groups excluding carboxylic acids is 1. The maximum Gasteiger partial charge on any atom is 0.329 e. The van der Waals surface area contributed by atoms with Gasteiger partial charge in [-0.15, -0.1) is 11.3 Å². The van der Waals surface area contributed by atoms with E-state index < -0.39 is 17.5 Å². The Morgan fingerprint density at radius 2 is 2.20 bits per heavy atom. The topological polar surface area (TPSA) is 91.3 Å². The highest BCUT2D eigenvalue weighted by atomic mass is 32.1. The van der Waals surface area contributed by atoms with Crippen molar-refractivity contribution in [1.82, 2.24) is 15.6 Å². The van der Waals surface area contributed by atoms with Crippen molar-refractivity contribution in [3.05, 3.63) is 16.1 Å². The van der Waals surface area contributed by atoms with E-state index in [1.165, 1.54) is 6.92 Å². The molecule has 0 aliphatic heterocycles. The SMILES string of the molecule is CCCC(C)(NC(=O)NCCc1nc(C)cs1)C(=O)O. The third-order valence-electron chi connectivity index (χ3n) is 2.90. The van der Waals surface area contributed by atoms with Gasteiger partial charge in [-0.05, 0) is 20.3 Å². The molecule has 112 valence electrons. The number of carbonyl (C=O) groups is 2. The van der Waals surface area contributed by atoms with E-state index in [-0.39, 0.29) is 0 Å². The number of rotatable bonds is 7. The van der Waals surface area contributed by atoms with Crippen LogP contribution < -0.4 is 10.6 Å². The summed E-state index contributed by atoms with van der Waals surface area (Å²) in [5.74, 6) is -1.02. The average molecular weight is 299 g/mol. The summed E-state index contributed by atoms with van der Waals surface area (Å²) in [6.07, 6.45) is 1.71. The van der Waals surface area contributed by atoms with Crippen LogP contribution in [0.2, 0.25) is 0 Å². The van der Waals surface area contributed by atoms with Gasteiger partial charge in [0.15, 0.2) is 0 Å². The van der Waals surface area contributed by atoms with Crippen molar-refractivity contribution < 1.29 is 14.7 Å². The second kappa shape index (κ2) is 7.23. The second-order valence-electron chi connectivity index (χ2n) is 4.90. The van der Waals surface area contributed by atoms with Crippen molar-refractivity contribution in [3.63, 3.8) is 0 Å². The van der Waals surface area contributed by atoms with E-state index in [2.05, 4.69) is 15.6 Å². The van der Waals surface area contributed by atoms with Crippen LogP contribution in [-0.2, 0) is 11.2 Å². The molecule has 2 amide bonds. The highest BCUT2D eigenvalue weighted by Gasteiger charge is 2.33. The number of nitrogens with zero attached hydrogens (tertiary/aromatic N) is 1. The number of hydrogen-bond acceptors (Lipinski definition) is 4. The highest BCUT2D eigenvalue weighted by molar-refractivity contribution is 7.09. The largest absolute Gasteiger partial charge is 0.480 e. The van der Waals surface area contributed by atoms with Crippen LogP contribution in [0.3, 0.4) is 0 Å². The minimum Gasteiger partial charge on any atom is -0.480 e. The lowest BCUT2D eigenvalue weighted by molar-refractivity contribution is -0.144. The van der Waals surface area contributed by atoms with Gasteiger partial charge in [-0.3, -0.25) is 0 Å². The summed E-state index contributed by atoms with van der Waals surface area (Å²) in [5.41, 5.74) is -0.257. The Kier molecular flexibility index (Phi) is 5.94. The van der Waals surface area contributed by atoms with Crippen molar-refractivity contribution in [3.8, 4) is 0 Å². The van der Waals surface area contributed by atoms with E-state index in [4.69, 9.17) is 5.11 Å². The number of carboxylic acid groups (broad SMARTS) is 1. The van der Waals surface area contributed by atoms with Crippen LogP contribution in [0.1, 0.15) is 37.4 Å². The molecule has 1 heterocycles. The van der Waals surface area contributed by atoms with Crippen LogP contribution in [-0.4, -0.2) is 34.2 Å². The monoisotopic (exact) mass is 299 g/mol. The third-order valence-corrected chi connectivity index (χ3v) is 3.93. The number of aliphatic carboxylic acids is 1. The fraction of sp³-hybridized carbons (Fsp3) is 0.615. The zero-order chi connectivity index (χ0) is 15.2. The lowest BCUT2D eigenvalue weighted by Gasteiger charge is -2.25. The number of amides is 2.